The lowest BCUT2D eigenvalue weighted by Crippen LogP contribution is -2.08. The molecule has 1 nitrogen and oxygen atoms in total. The van der Waals surface area contributed by atoms with Gasteiger partial charge in [0, 0.05) is 6.21 Å². The van der Waals surface area contributed by atoms with Crippen molar-refractivity contribution in [3.63, 3.8) is 0 Å². The summed E-state index contributed by atoms with van der Waals surface area (Å²) in [6, 6.07) is 0. The predicted octanol–water partition coefficient (Wildman–Crippen LogP) is 3.18. The van der Waals surface area contributed by atoms with Gasteiger partial charge in [0.15, 0.2) is 0 Å². The van der Waals surface area contributed by atoms with Crippen LogP contribution >= 0.6 is 0 Å². The highest BCUT2D eigenvalue weighted by Crippen LogP contribution is 2.35. The second kappa shape index (κ2) is 3.70. The lowest BCUT2D eigenvalue weighted by atomic mass is 9.90. The smallest absolute Gasteiger partial charge is 0.0215 e. The van der Waals surface area contributed by atoms with Crippen molar-refractivity contribution in [1.82, 2.24) is 0 Å². The van der Waals surface area contributed by atoms with E-state index in [0.29, 0.717) is 11.8 Å². The molecule has 0 saturated carbocycles. The van der Waals surface area contributed by atoms with Crippen molar-refractivity contribution in [3.8, 4) is 0 Å². The zero-order chi connectivity index (χ0) is 9.14. The summed E-state index contributed by atoms with van der Waals surface area (Å²) < 4.78 is 0. The lowest BCUT2D eigenvalue weighted by molar-refractivity contribution is 0.450. The molecule has 1 rings (SSSR count). The molecule has 1 heteroatoms. The number of hydrogen-bond acceptors (Lipinski definition) is 1. The van der Waals surface area contributed by atoms with Gasteiger partial charge in [-0.05, 0) is 35.8 Å². The first-order valence-corrected chi connectivity index (χ1v) is 4.56. The molecule has 0 spiro atoms. The Morgan fingerprint density at radius 3 is 2.67 bits per heavy atom. The van der Waals surface area contributed by atoms with Crippen LogP contribution in [0, 0.1) is 17.2 Å². The third-order valence-corrected chi connectivity index (χ3v) is 2.70. The van der Waals surface area contributed by atoms with Crippen LogP contribution in [-0.4, -0.2) is 6.21 Å². The SMILES string of the molecule is C=CC1=C(C=N)C(C(C)C)CC1. The van der Waals surface area contributed by atoms with E-state index in [4.69, 9.17) is 5.41 Å². The average molecular weight is 163 g/mol. The van der Waals surface area contributed by atoms with Gasteiger partial charge in [-0.25, -0.2) is 0 Å². The molecule has 1 aliphatic carbocycles. The fraction of sp³-hybridized carbons (Fsp3) is 0.545. The third kappa shape index (κ3) is 1.50. The van der Waals surface area contributed by atoms with Gasteiger partial charge >= 0.3 is 0 Å². The molecular weight excluding hydrogens is 146 g/mol. The van der Waals surface area contributed by atoms with Crippen LogP contribution in [0.5, 0.6) is 0 Å². The summed E-state index contributed by atoms with van der Waals surface area (Å²) in [5.74, 6) is 1.24. The van der Waals surface area contributed by atoms with Crippen molar-refractivity contribution in [1.29, 1.82) is 5.41 Å². The maximum Gasteiger partial charge on any atom is 0.0215 e. The summed E-state index contributed by atoms with van der Waals surface area (Å²) in [5.41, 5.74) is 2.49. The van der Waals surface area contributed by atoms with Crippen molar-refractivity contribution < 1.29 is 0 Å². The monoisotopic (exact) mass is 163 g/mol. The highest BCUT2D eigenvalue weighted by molar-refractivity contribution is 5.79. The maximum absolute atomic E-state index is 7.33. The van der Waals surface area contributed by atoms with E-state index in [1.54, 1.807) is 0 Å². The Hall–Kier alpha value is -0.850. The zero-order valence-corrected chi connectivity index (χ0v) is 7.93. The molecule has 1 N–H and O–H groups in total. The van der Waals surface area contributed by atoms with Crippen LogP contribution in [0.4, 0.5) is 0 Å². The molecule has 0 radical (unpaired) electrons. The average Bonchev–Trinajstić information content (AvgIpc) is 2.46. The Kier molecular flexibility index (Phi) is 2.85. The van der Waals surface area contributed by atoms with Gasteiger partial charge in [-0.15, -0.1) is 0 Å². The van der Waals surface area contributed by atoms with Gasteiger partial charge in [0.05, 0.1) is 0 Å². The largest absolute Gasteiger partial charge is 0.308 e. The molecule has 0 aromatic carbocycles. The first kappa shape index (κ1) is 9.24. The molecule has 1 aliphatic rings. The second-order valence-corrected chi connectivity index (χ2v) is 3.72. The van der Waals surface area contributed by atoms with E-state index >= 15 is 0 Å². The Morgan fingerprint density at radius 1 is 1.58 bits per heavy atom. The quantitative estimate of drug-likeness (QED) is 0.618. The van der Waals surface area contributed by atoms with Gasteiger partial charge in [-0.2, -0.15) is 0 Å². The predicted molar refractivity (Wildman–Crippen MR) is 53.6 cm³/mol. The van der Waals surface area contributed by atoms with Crippen molar-refractivity contribution in [3.05, 3.63) is 23.8 Å². The molecule has 0 heterocycles. The molecule has 0 saturated heterocycles. The molecule has 1 unspecified atom stereocenters. The Morgan fingerprint density at radius 2 is 2.25 bits per heavy atom. The maximum atomic E-state index is 7.33. The number of hydrogen-bond donors (Lipinski definition) is 1. The fourth-order valence-corrected chi connectivity index (χ4v) is 1.96. The van der Waals surface area contributed by atoms with Crippen LogP contribution in [-0.2, 0) is 0 Å². The first-order valence-electron chi connectivity index (χ1n) is 4.56. The van der Waals surface area contributed by atoms with Gasteiger partial charge in [-0.3, -0.25) is 0 Å². The lowest BCUT2D eigenvalue weighted by Gasteiger charge is -2.15. The van der Waals surface area contributed by atoms with Gasteiger partial charge in [-0.1, -0.05) is 26.5 Å². The number of allylic oxidation sites excluding steroid dienone is 3. The van der Waals surface area contributed by atoms with E-state index in [0.717, 1.165) is 6.42 Å². The Balaban J connectivity index is 2.90. The molecule has 0 bridgehead atoms. The molecule has 0 amide bonds. The molecule has 0 aromatic heterocycles. The molecule has 1 atom stereocenters. The van der Waals surface area contributed by atoms with E-state index in [1.165, 1.54) is 23.8 Å². The van der Waals surface area contributed by atoms with E-state index in [2.05, 4.69) is 20.4 Å². The molecular formula is C11H17N. The van der Waals surface area contributed by atoms with Crippen LogP contribution in [0.3, 0.4) is 0 Å². The fourth-order valence-electron chi connectivity index (χ4n) is 1.96. The van der Waals surface area contributed by atoms with E-state index in [1.807, 2.05) is 6.08 Å². The molecule has 66 valence electrons. The number of rotatable bonds is 3. The highest BCUT2D eigenvalue weighted by Gasteiger charge is 2.24. The molecule has 0 fully saturated rings. The van der Waals surface area contributed by atoms with Crippen molar-refractivity contribution in [2.75, 3.05) is 0 Å². The summed E-state index contributed by atoms with van der Waals surface area (Å²) in [5, 5.41) is 7.33. The normalized spacial score (nSPS) is 23.4. The minimum atomic E-state index is 0.593. The molecule has 0 aliphatic heterocycles. The van der Waals surface area contributed by atoms with Gasteiger partial charge in [0.25, 0.3) is 0 Å². The summed E-state index contributed by atoms with van der Waals surface area (Å²) in [6.07, 6.45) is 5.72. The van der Waals surface area contributed by atoms with Crippen molar-refractivity contribution >= 4 is 6.21 Å². The van der Waals surface area contributed by atoms with E-state index in [9.17, 15) is 0 Å². The van der Waals surface area contributed by atoms with Gasteiger partial charge in [0.2, 0.25) is 0 Å². The Labute approximate surface area is 74.7 Å². The van der Waals surface area contributed by atoms with Gasteiger partial charge in [0.1, 0.15) is 0 Å². The van der Waals surface area contributed by atoms with Crippen molar-refractivity contribution in [2.24, 2.45) is 11.8 Å². The van der Waals surface area contributed by atoms with Gasteiger partial charge < -0.3 is 5.41 Å². The second-order valence-electron chi connectivity index (χ2n) is 3.72. The van der Waals surface area contributed by atoms with Crippen LogP contribution in [0.1, 0.15) is 26.7 Å². The van der Waals surface area contributed by atoms with E-state index < -0.39 is 0 Å². The van der Waals surface area contributed by atoms with Crippen LogP contribution in [0.15, 0.2) is 23.8 Å². The van der Waals surface area contributed by atoms with E-state index in [-0.39, 0.29) is 0 Å². The third-order valence-electron chi connectivity index (χ3n) is 2.70. The first-order chi connectivity index (χ1) is 5.70. The zero-order valence-electron chi connectivity index (χ0n) is 7.93. The minimum Gasteiger partial charge on any atom is -0.308 e. The van der Waals surface area contributed by atoms with Crippen LogP contribution < -0.4 is 0 Å². The van der Waals surface area contributed by atoms with Crippen LogP contribution in [0.2, 0.25) is 0 Å². The number of nitrogens with one attached hydrogen (secondary N) is 1. The Bertz CT molecular complexity index is 223. The molecule has 0 aromatic rings. The summed E-state index contributed by atoms with van der Waals surface area (Å²) in [4.78, 5) is 0. The summed E-state index contributed by atoms with van der Waals surface area (Å²) in [7, 11) is 0. The van der Waals surface area contributed by atoms with Crippen molar-refractivity contribution in [2.45, 2.75) is 26.7 Å². The highest BCUT2D eigenvalue weighted by atomic mass is 14.4. The van der Waals surface area contributed by atoms with Crippen LogP contribution in [0.25, 0.3) is 0 Å². The minimum absolute atomic E-state index is 0.593. The molecule has 12 heavy (non-hydrogen) atoms. The summed E-state index contributed by atoms with van der Waals surface area (Å²) in [6.45, 7) is 8.22. The summed E-state index contributed by atoms with van der Waals surface area (Å²) >= 11 is 0. The topological polar surface area (TPSA) is 23.9 Å². The standard InChI is InChI=1S/C11H17N/c1-4-9-5-6-10(8(2)3)11(9)7-12/h4,7-8,10,12H,1,5-6H2,2-3H3.